The van der Waals surface area contributed by atoms with Crippen molar-refractivity contribution in [2.75, 3.05) is 22.6 Å². The molecule has 0 aliphatic carbocycles. The lowest BCUT2D eigenvalue weighted by Gasteiger charge is -2.11. The summed E-state index contributed by atoms with van der Waals surface area (Å²) < 4.78 is 33.2. The van der Waals surface area contributed by atoms with E-state index in [0.717, 1.165) is 6.07 Å². The minimum absolute atomic E-state index is 0.0607. The smallest absolute Gasteiger partial charge is 0.295 e. The topological polar surface area (TPSA) is 165 Å². The van der Waals surface area contributed by atoms with Crippen LogP contribution >= 0.6 is 0 Å². The van der Waals surface area contributed by atoms with E-state index in [9.17, 15) is 23.3 Å². The number of pyridine rings is 1. The van der Waals surface area contributed by atoms with Gasteiger partial charge >= 0.3 is 0 Å². The lowest BCUT2D eigenvalue weighted by molar-refractivity contribution is -0.384. The number of hydrazone groups is 1. The molecule has 0 aliphatic rings. The van der Waals surface area contributed by atoms with Gasteiger partial charge in [0.25, 0.3) is 15.7 Å². The summed E-state index contributed by atoms with van der Waals surface area (Å²) in [5.74, 6) is 0.164. The number of sulfonamides is 1. The first-order valence-electron chi connectivity index (χ1n) is 11.8. The number of nitro groups is 1. The van der Waals surface area contributed by atoms with E-state index in [0.29, 0.717) is 22.7 Å². The highest BCUT2D eigenvalue weighted by Crippen LogP contribution is 2.29. The zero-order valence-electron chi connectivity index (χ0n) is 21.1. The van der Waals surface area contributed by atoms with Gasteiger partial charge in [0.2, 0.25) is 5.91 Å². The molecule has 12 nitrogen and oxygen atoms in total. The summed E-state index contributed by atoms with van der Waals surface area (Å²) in [5, 5.41) is 18.8. The molecule has 0 saturated carbocycles. The van der Waals surface area contributed by atoms with Gasteiger partial charge in [0.05, 0.1) is 40.9 Å². The highest BCUT2D eigenvalue weighted by atomic mass is 32.2. The second-order valence-corrected chi connectivity index (χ2v) is 9.96. The Hall–Kier alpha value is -5.30. The average molecular weight is 561 g/mol. The monoisotopic (exact) mass is 560 g/mol. The van der Waals surface area contributed by atoms with Crippen molar-refractivity contribution in [2.24, 2.45) is 5.10 Å². The van der Waals surface area contributed by atoms with Crippen LogP contribution in [0.3, 0.4) is 0 Å². The number of benzene rings is 3. The van der Waals surface area contributed by atoms with Crippen LogP contribution in [-0.4, -0.2) is 37.1 Å². The second-order valence-electron chi connectivity index (χ2n) is 8.27. The van der Waals surface area contributed by atoms with Gasteiger partial charge in [-0.3, -0.25) is 30.0 Å². The third-order valence-electron chi connectivity index (χ3n) is 5.51. The molecule has 0 spiro atoms. The zero-order valence-corrected chi connectivity index (χ0v) is 22.0. The molecule has 0 atom stereocenters. The lowest BCUT2D eigenvalue weighted by atomic mass is 10.1. The molecule has 1 amide bonds. The molecule has 3 N–H and O–H groups in total. The number of nitrogens with one attached hydrogen (secondary N) is 3. The predicted octanol–water partition coefficient (Wildman–Crippen LogP) is 4.64. The number of carbonyl (C=O) groups is 1. The number of hydrogen-bond acceptors (Lipinski definition) is 9. The number of carbonyl (C=O) groups excluding carboxylic acids is 1. The molecular weight excluding hydrogens is 536 g/mol. The summed E-state index contributed by atoms with van der Waals surface area (Å²) >= 11 is 0. The summed E-state index contributed by atoms with van der Waals surface area (Å²) in [7, 11) is -2.66. The fourth-order valence-electron chi connectivity index (χ4n) is 3.56. The fourth-order valence-corrected chi connectivity index (χ4v) is 4.63. The molecular formula is C27H24N6O6S. The van der Waals surface area contributed by atoms with Gasteiger partial charge in [-0.25, -0.2) is 8.42 Å². The number of methoxy groups -OCH3 is 1. The van der Waals surface area contributed by atoms with Crippen LogP contribution in [0, 0.1) is 10.1 Å². The van der Waals surface area contributed by atoms with Crippen molar-refractivity contribution in [1.82, 2.24) is 4.98 Å². The Balaban J connectivity index is 1.58. The van der Waals surface area contributed by atoms with Gasteiger partial charge in [-0.2, -0.15) is 5.10 Å². The number of amides is 1. The molecule has 1 heterocycles. The van der Waals surface area contributed by atoms with Crippen LogP contribution in [0.1, 0.15) is 12.0 Å². The van der Waals surface area contributed by atoms with E-state index in [4.69, 9.17) is 4.74 Å². The van der Waals surface area contributed by atoms with Gasteiger partial charge < -0.3 is 10.1 Å². The van der Waals surface area contributed by atoms with Crippen LogP contribution in [0.15, 0.2) is 107 Å². The summed E-state index contributed by atoms with van der Waals surface area (Å²) in [6, 6.07) is 21.7. The van der Waals surface area contributed by atoms with Crippen molar-refractivity contribution in [2.45, 2.75) is 11.3 Å². The molecule has 13 heteroatoms. The summed E-state index contributed by atoms with van der Waals surface area (Å²) in [5.41, 5.74) is 3.72. The highest BCUT2D eigenvalue weighted by molar-refractivity contribution is 7.92. The van der Waals surface area contributed by atoms with Crippen molar-refractivity contribution in [3.8, 4) is 5.75 Å². The van der Waals surface area contributed by atoms with Crippen molar-refractivity contribution >= 4 is 44.4 Å². The van der Waals surface area contributed by atoms with E-state index >= 15 is 0 Å². The predicted molar refractivity (Wildman–Crippen MR) is 151 cm³/mol. The zero-order chi connectivity index (χ0) is 28.5. The maximum absolute atomic E-state index is 12.9. The molecule has 3 aromatic carbocycles. The van der Waals surface area contributed by atoms with Crippen LogP contribution in [0.25, 0.3) is 0 Å². The third kappa shape index (κ3) is 7.17. The van der Waals surface area contributed by atoms with Gasteiger partial charge in [-0.05, 0) is 54.1 Å². The summed E-state index contributed by atoms with van der Waals surface area (Å²) in [6.07, 6.45) is 2.92. The maximum atomic E-state index is 12.9. The number of hydrogen-bond donors (Lipinski definition) is 3. The lowest BCUT2D eigenvalue weighted by Crippen LogP contribution is -2.18. The number of anilines is 3. The molecule has 0 bridgehead atoms. The summed E-state index contributed by atoms with van der Waals surface area (Å²) in [4.78, 5) is 27.5. The second kappa shape index (κ2) is 12.5. The highest BCUT2D eigenvalue weighted by Gasteiger charge is 2.22. The quantitative estimate of drug-likeness (QED) is 0.136. The number of aromatic nitrogens is 1. The van der Waals surface area contributed by atoms with Crippen molar-refractivity contribution in [3.63, 3.8) is 0 Å². The van der Waals surface area contributed by atoms with E-state index in [1.54, 1.807) is 60.8 Å². The maximum Gasteiger partial charge on any atom is 0.295 e. The average Bonchev–Trinajstić information content (AvgIpc) is 2.96. The molecule has 0 unspecified atom stereocenters. The van der Waals surface area contributed by atoms with Crippen molar-refractivity contribution in [3.05, 3.63) is 113 Å². The first-order valence-corrected chi connectivity index (χ1v) is 13.3. The Bertz CT molecular complexity index is 1630. The molecule has 0 saturated heterocycles. The van der Waals surface area contributed by atoms with E-state index in [-0.39, 0.29) is 28.6 Å². The van der Waals surface area contributed by atoms with Gasteiger partial charge in [0.15, 0.2) is 0 Å². The SMILES string of the molecule is COc1ccc(NS(=O)(=O)c2ccc(N/N=C(/CC(=O)Nc3cccnc3)c3ccccc3)c([N+](=O)[O-])c2)cc1. The standard InChI is InChI=1S/C27H24N6O6S/c1-39-22-11-9-20(10-12-22)32-40(37,38)23-13-14-24(26(16-23)33(35)36)30-31-25(19-6-3-2-4-7-19)17-27(34)29-21-8-5-15-28-18-21/h2-16,18,30,32H,17H2,1H3,(H,29,34)/b31-25-. The Labute approximate surface area is 229 Å². The van der Waals surface area contributed by atoms with Gasteiger partial charge in [-0.1, -0.05) is 30.3 Å². The van der Waals surface area contributed by atoms with Crippen LogP contribution in [0.5, 0.6) is 5.75 Å². The molecule has 1 aromatic heterocycles. The first kappa shape index (κ1) is 27.7. The van der Waals surface area contributed by atoms with Crippen molar-refractivity contribution < 1.29 is 22.9 Å². The van der Waals surface area contributed by atoms with E-state index < -0.39 is 20.6 Å². The first-order chi connectivity index (χ1) is 19.2. The number of nitro benzene ring substituents is 1. The number of ether oxygens (including phenoxy) is 1. The Morgan fingerprint density at radius 3 is 2.40 bits per heavy atom. The minimum atomic E-state index is -4.14. The van der Waals surface area contributed by atoms with Crippen molar-refractivity contribution in [1.29, 1.82) is 0 Å². The molecule has 204 valence electrons. The van der Waals surface area contributed by atoms with Gasteiger partial charge in [-0.15, -0.1) is 0 Å². The Morgan fingerprint density at radius 1 is 1.00 bits per heavy atom. The Morgan fingerprint density at radius 2 is 1.75 bits per heavy atom. The van der Waals surface area contributed by atoms with E-state index in [2.05, 4.69) is 25.6 Å². The van der Waals surface area contributed by atoms with Crippen LogP contribution in [0.4, 0.5) is 22.7 Å². The largest absolute Gasteiger partial charge is 0.497 e. The molecule has 0 radical (unpaired) electrons. The van der Waals surface area contributed by atoms with Crippen LogP contribution in [-0.2, 0) is 14.8 Å². The summed E-state index contributed by atoms with van der Waals surface area (Å²) in [6.45, 7) is 0. The molecule has 40 heavy (non-hydrogen) atoms. The van der Waals surface area contributed by atoms with Gasteiger partial charge in [0.1, 0.15) is 11.4 Å². The third-order valence-corrected chi connectivity index (χ3v) is 6.89. The molecule has 0 aliphatic heterocycles. The van der Waals surface area contributed by atoms with Crippen LogP contribution in [0.2, 0.25) is 0 Å². The molecule has 4 rings (SSSR count). The Kier molecular flexibility index (Phi) is 8.66. The van der Waals surface area contributed by atoms with E-state index in [1.807, 2.05) is 0 Å². The fraction of sp³-hybridized carbons (Fsp3) is 0.0741. The number of nitrogens with zero attached hydrogens (tertiary/aromatic N) is 3. The van der Waals surface area contributed by atoms with E-state index in [1.165, 1.54) is 37.6 Å². The molecule has 0 fully saturated rings. The molecule has 4 aromatic rings. The van der Waals surface area contributed by atoms with Crippen LogP contribution < -0.4 is 20.2 Å². The van der Waals surface area contributed by atoms with Gasteiger partial charge in [0, 0.05) is 18.0 Å². The number of rotatable bonds is 11. The minimum Gasteiger partial charge on any atom is -0.497 e. The normalized spacial score (nSPS) is 11.4.